The number of hydrogen-bond acceptors (Lipinski definition) is 5. The van der Waals surface area contributed by atoms with Crippen molar-refractivity contribution in [3.63, 3.8) is 0 Å². The second-order valence-corrected chi connectivity index (χ2v) is 11.7. The Hall–Kier alpha value is -3.22. The minimum absolute atomic E-state index is 0.127. The van der Waals surface area contributed by atoms with E-state index in [1.165, 1.54) is 16.7 Å². The molecule has 212 valence electrons. The molecule has 2 heterocycles. The molecule has 6 heteroatoms. The third-order valence-corrected chi connectivity index (χ3v) is 9.08. The second-order valence-electron chi connectivity index (χ2n) is 11.7. The van der Waals surface area contributed by atoms with Crippen molar-refractivity contribution in [3.05, 3.63) is 95.3 Å². The summed E-state index contributed by atoms with van der Waals surface area (Å²) in [5, 5.41) is 11.9. The Labute approximate surface area is 239 Å². The lowest BCUT2D eigenvalue weighted by Gasteiger charge is -2.27. The number of allylic oxidation sites excluding steroid dienone is 8. The van der Waals surface area contributed by atoms with E-state index in [9.17, 15) is 4.79 Å². The van der Waals surface area contributed by atoms with E-state index in [0.717, 1.165) is 68.5 Å². The van der Waals surface area contributed by atoms with Crippen LogP contribution in [-0.2, 0) is 4.79 Å². The van der Waals surface area contributed by atoms with E-state index in [-0.39, 0.29) is 17.9 Å². The molecular weight excluding hydrogens is 494 g/mol. The van der Waals surface area contributed by atoms with Gasteiger partial charge in [0.1, 0.15) is 0 Å². The smallest absolute Gasteiger partial charge is 0.250 e. The van der Waals surface area contributed by atoms with Crippen molar-refractivity contribution >= 4 is 11.6 Å². The third kappa shape index (κ3) is 5.65. The summed E-state index contributed by atoms with van der Waals surface area (Å²) in [4.78, 5) is 15.5. The molecule has 1 amide bonds. The van der Waals surface area contributed by atoms with Crippen LogP contribution in [-0.4, -0.2) is 48.2 Å². The zero-order valence-corrected chi connectivity index (χ0v) is 24.1. The van der Waals surface area contributed by atoms with Crippen LogP contribution >= 0.6 is 0 Å². The van der Waals surface area contributed by atoms with Crippen LogP contribution in [0.5, 0.6) is 0 Å². The first-order valence-electron chi connectivity index (χ1n) is 15.1. The summed E-state index contributed by atoms with van der Waals surface area (Å²) in [6.45, 7) is 14.1. The highest BCUT2D eigenvalue weighted by Gasteiger charge is 2.41. The Morgan fingerprint density at radius 1 is 1.15 bits per heavy atom. The first kappa shape index (κ1) is 28.3. The van der Waals surface area contributed by atoms with Crippen molar-refractivity contribution < 1.29 is 4.79 Å². The molecule has 0 bridgehead atoms. The van der Waals surface area contributed by atoms with E-state index in [1.807, 2.05) is 24.0 Å². The Morgan fingerprint density at radius 3 is 2.73 bits per heavy atom. The highest BCUT2D eigenvalue weighted by molar-refractivity contribution is 6.09. The Balaban J connectivity index is 1.36. The molecule has 5 unspecified atom stereocenters. The maximum absolute atomic E-state index is 13.5. The fourth-order valence-electron chi connectivity index (χ4n) is 6.81. The molecule has 40 heavy (non-hydrogen) atoms. The number of rotatable bonds is 10. The fourth-order valence-corrected chi connectivity index (χ4v) is 6.81. The average molecular weight is 540 g/mol. The summed E-state index contributed by atoms with van der Waals surface area (Å²) in [6.07, 6.45) is 23.5. The van der Waals surface area contributed by atoms with Crippen LogP contribution < -0.4 is 16.2 Å². The van der Waals surface area contributed by atoms with Crippen LogP contribution in [0.15, 0.2) is 95.3 Å². The SMILES string of the molecule is C=CCN(CCC)C(=O)C1=CC=CC2CC(C3NNC4CCCC(C5=CC=C(C(=N)C(=C)CC)NC5)C=C43)=CC12. The van der Waals surface area contributed by atoms with Crippen molar-refractivity contribution in [1.82, 2.24) is 21.1 Å². The third-order valence-electron chi connectivity index (χ3n) is 9.08. The number of carbonyl (C=O) groups excluding carboxylic acids is 1. The lowest BCUT2D eigenvalue weighted by Crippen LogP contribution is -2.35. The number of hydrogen-bond donors (Lipinski definition) is 4. The Bertz CT molecular complexity index is 1240. The minimum Gasteiger partial charge on any atom is -0.380 e. The molecule has 0 aromatic heterocycles. The summed E-state index contributed by atoms with van der Waals surface area (Å²) >= 11 is 0. The van der Waals surface area contributed by atoms with Gasteiger partial charge in [0.2, 0.25) is 0 Å². The summed E-state index contributed by atoms with van der Waals surface area (Å²) in [6, 6.07) is 0.493. The molecular formula is C34H45N5O. The van der Waals surface area contributed by atoms with E-state index < -0.39 is 0 Å². The number of dihydropyridines is 1. The highest BCUT2D eigenvalue weighted by Crippen LogP contribution is 2.43. The van der Waals surface area contributed by atoms with Gasteiger partial charge in [0.05, 0.1) is 17.5 Å². The molecule has 0 spiro atoms. The van der Waals surface area contributed by atoms with Crippen LogP contribution in [0.3, 0.4) is 0 Å². The number of nitrogens with one attached hydrogen (secondary N) is 4. The number of fused-ring (bicyclic) bond motifs is 2. The van der Waals surface area contributed by atoms with Gasteiger partial charge in [0.15, 0.2) is 0 Å². The van der Waals surface area contributed by atoms with Gasteiger partial charge in [0, 0.05) is 43.1 Å². The molecule has 6 nitrogen and oxygen atoms in total. The molecule has 2 aliphatic heterocycles. The predicted molar refractivity (Wildman–Crippen MR) is 165 cm³/mol. The summed E-state index contributed by atoms with van der Waals surface area (Å²) in [7, 11) is 0. The molecule has 0 saturated carbocycles. The normalized spacial score (nSPS) is 28.9. The lowest BCUT2D eigenvalue weighted by atomic mass is 9.83. The molecule has 1 fully saturated rings. The van der Waals surface area contributed by atoms with Gasteiger partial charge in [0.25, 0.3) is 5.91 Å². The van der Waals surface area contributed by atoms with Crippen LogP contribution in [0.1, 0.15) is 52.4 Å². The second kappa shape index (κ2) is 12.5. The van der Waals surface area contributed by atoms with Crippen LogP contribution in [0.25, 0.3) is 0 Å². The molecule has 5 aliphatic rings. The van der Waals surface area contributed by atoms with Crippen molar-refractivity contribution in [1.29, 1.82) is 5.41 Å². The van der Waals surface area contributed by atoms with E-state index in [1.54, 1.807) is 0 Å². The zero-order valence-electron chi connectivity index (χ0n) is 24.1. The Morgan fingerprint density at radius 2 is 2.00 bits per heavy atom. The molecule has 5 rings (SSSR count). The van der Waals surface area contributed by atoms with Gasteiger partial charge < -0.3 is 10.2 Å². The highest BCUT2D eigenvalue weighted by atomic mass is 16.2. The maximum Gasteiger partial charge on any atom is 0.250 e. The molecule has 3 aliphatic carbocycles. The monoisotopic (exact) mass is 539 g/mol. The lowest BCUT2D eigenvalue weighted by molar-refractivity contribution is -0.127. The Kier molecular flexibility index (Phi) is 8.87. The van der Waals surface area contributed by atoms with Gasteiger partial charge in [-0.1, -0.05) is 75.0 Å². The zero-order chi connectivity index (χ0) is 28.2. The molecule has 1 saturated heterocycles. The van der Waals surface area contributed by atoms with Crippen LogP contribution in [0.2, 0.25) is 0 Å². The number of nitrogens with zero attached hydrogens (tertiary/aromatic N) is 1. The van der Waals surface area contributed by atoms with Gasteiger partial charge in [-0.15, -0.1) is 6.58 Å². The molecule has 0 radical (unpaired) electrons. The van der Waals surface area contributed by atoms with E-state index in [2.05, 4.69) is 72.7 Å². The molecule has 5 atom stereocenters. The predicted octanol–water partition coefficient (Wildman–Crippen LogP) is 5.44. The van der Waals surface area contributed by atoms with Crippen molar-refractivity contribution in [2.45, 2.75) is 64.5 Å². The summed E-state index contributed by atoms with van der Waals surface area (Å²) < 4.78 is 0. The van der Waals surface area contributed by atoms with Crippen molar-refractivity contribution in [2.75, 3.05) is 19.6 Å². The first-order chi connectivity index (χ1) is 19.4. The quantitative estimate of drug-likeness (QED) is 0.220. The van der Waals surface area contributed by atoms with E-state index in [4.69, 9.17) is 5.41 Å². The topological polar surface area (TPSA) is 80.2 Å². The molecule has 0 aromatic rings. The standard InChI is InChI=1S/C34H45N5O/c1-5-16-39(17-6-2)34(40)27-12-8-11-24-18-26(20-28(24)27)33-29-19-23(10-9-13-30(29)37-38-33)25-14-15-31(36-21-25)32(35)22(4)7-3/h5,8,11-12,14-15,19-20,23-24,28,30,33,35-38H,1,4,6-7,9-10,13,16-18,21H2,2-3H3. The number of amides is 1. The van der Waals surface area contributed by atoms with Crippen LogP contribution in [0.4, 0.5) is 0 Å². The van der Waals surface area contributed by atoms with E-state index in [0.29, 0.717) is 30.1 Å². The molecule has 4 N–H and O–H groups in total. The van der Waals surface area contributed by atoms with Crippen LogP contribution in [0, 0.1) is 23.2 Å². The first-order valence-corrected chi connectivity index (χ1v) is 15.1. The van der Waals surface area contributed by atoms with Gasteiger partial charge in [-0.3, -0.25) is 10.2 Å². The fraction of sp³-hybridized carbons (Fsp3) is 0.471. The van der Waals surface area contributed by atoms with Gasteiger partial charge >= 0.3 is 0 Å². The summed E-state index contributed by atoms with van der Waals surface area (Å²) in [5.74, 6) is 0.973. The van der Waals surface area contributed by atoms with E-state index >= 15 is 0 Å². The van der Waals surface area contributed by atoms with Gasteiger partial charge in [-0.2, -0.15) is 0 Å². The maximum atomic E-state index is 13.5. The number of hydrazine groups is 1. The van der Waals surface area contributed by atoms with Gasteiger partial charge in [-0.05, 0) is 60.8 Å². The minimum atomic E-state index is 0.127. The van der Waals surface area contributed by atoms with Crippen molar-refractivity contribution in [3.8, 4) is 0 Å². The van der Waals surface area contributed by atoms with Gasteiger partial charge in [-0.25, -0.2) is 10.9 Å². The summed E-state index contributed by atoms with van der Waals surface area (Å²) in [5.41, 5.74) is 14.6. The average Bonchev–Trinajstić information content (AvgIpc) is 3.53. The number of carbonyl (C=O) groups is 1. The molecule has 0 aromatic carbocycles. The largest absolute Gasteiger partial charge is 0.380 e. The van der Waals surface area contributed by atoms with Crippen molar-refractivity contribution in [2.24, 2.45) is 17.8 Å².